The van der Waals surface area contributed by atoms with Crippen LogP contribution >= 0.6 is 0 Å². The highest BCUT2D eigenvalue weighted by Gasteiger charge is 2.62. The molecule has 0 saturated heterocycles. The molecule has 8 atom stereocenters. The summed E-state index contributed by atoms with van der Waals surface area (Å²) < 4.78 is 5.94. The highest BCUT2D eigenvalue weighted by Crippen LogP contribution is 2.65. The normalized spacial score (nSPS) is 55.9. The van der Waals surface area contributed by atoms with Crippen molar-refractivity contribution in [2.45, 2.75) is 77.4 Å². The molecule has 0 radical (unpaired) electrons. The Morgan fingerprint density at radius 2 is 1.83 bits per heavy atom. The summed E-state index contributed by atoms with van der Waals surface area (Å²) in [5, 5.41) is 10.2. The van der Waals surface area contributed by atoms with Gasteiger partial charge in [0.25, 0.3) is 0 Å². The molecule has 3 heteroatoms. The van der Waals surface area contributed by atoms with Crippen LogP contribution in [0.3, 0.4) is 0 Å². The fourth-order valence-corrected chi connectivity index (χ4v) is 7.28. The van der Waals surface area contributed by atoms with E-state index in [2.05, 4.69) is 13.8 Å². The molecule has 0 aromatic heterocycles. The highest BCUT2D eigenvalue weighted by molar-refractivity contribution is 5.87. The molecule has 0 bridgehead atoms. The van der Waals surface area contributed by atoms with Crippen LogP contribution in [0.15, 0.2) is 0 Å². The lowest BCUT2D eigenvalue weighted by Gasteiger charge is -2.61. The van der Waals surface area contributed by atoms with Crippen LogP contribution in [0.5, 0.6) is 0 Å². The van der Waals surface area contributed by atoms with E-state index in [4.69, 9.17) is 4.74 Å². The van der Waals surface area contributed by atoms with Gasteiger partial charge in [0, 0.05) is 18.9 Å². The van der Waals surface area contributed by atoms with E-state index < -0.39 is 0 Å². The largest absolute Gasteiger partial charge is 0.393 e. The molecular weight excluding hydrogens is 288 g/mol. The summed E-state index contributed by atoms with van der Waals surface area (Å²) in [6.45, 7) is 4.70. The zero-order valence-corrected chi connectivity index (χ0v) is 14.9. The maximum absolute atomic E-state index is 12.5. The van der Waals surface area contributed by atoms with Gasteiger partial charge < -0.3 is 9.84 Å². The molecule has 4 aliphatic carbocycles. The number of Topliss-reactive ketones (excluding diaryl/α,β-unsaturated/α-hetero) is 1. The minimum atomic E-state index is -0.149. The lowest BCUT2D eigenvalue weighted by atomic mass is 9.44. The van der Waals surface area contributed by atoms with Crippen molar-refractivity contribution in [1.82, 2.24) is 0 Å². The number of ether oxygens (including phenoxy) is 1. The molecule has 130 valence electrons. The Morgan fingerprint density at radius 1 is 1.04 bits per heavy atom. The topological polar surface area (TPSA) is 46.5 Å². The number of carbonyl (C=O) groups excluding carboxylic acids is 1. The summed E-state index contributed by atoms with van der Waals surface area (Å²) in [6, 6.07) is 0. The summed E-state index contributed by atoms with van der Waals surface area (Å²) in [6.07, 6.45) is 8.34. The molecule has 1 unspecified atom stereocenters. The minimum Gasteiger partial charge on any atom is -0.393 e. The Labute approximate surface area is 140 Å². The number of methoxy groups -OCH3 is 1. The monoisotopic (exact) mass is 320 g/mol. The second-order valence-corrected chi connectivity index (χ2v) is 9.35. The predicted molar refractivity (Wildman–Crippen MR) is 88.9 cm³/mol. The van der Waals surface area contributed by atoms with Gasteiger partial charge >= 0.3 is 0 Å². The number of carbonyl (C=O) groups is 1. The molecule has 0 amide bonds. The van der Waals surface area contributed by atoms with E-state index in [9.17, 15) is 9.90 Å². The molecule has 0 aliphatic heterocycles. The van der Waals surface area contributed by atoms with Crippen LogP contribution in [-0.4, -0.2) is 30.2 Å². The van der Waals surface area contributed by atoms with E-state index in [1.807, 2.05) is 7.11 Å². The Bertz CT molecular complexity index is 503. The van der Waals surface area contributed by atoms with E-state index in [1.165, 1.54) is 6.42 Å². The summed E-state index contributed by atoms with van der Waals surface area (Å²) in [7, 11) is 1.84. The van der Waals surface area contributed by atoms with Crippen molar-refractivity contribution in [3.05, 3.63) is 0 Å². The highest BCUT2D eigenvalue weighted by atomic mass is 16.5. The molecule has 3 nitrogen and oxygen atoms in total. The lowest BCUT2D eigenvalue weighted by Crippen LogP contribution is -2.58. The van der Waals surface area contributed by atoms with Crippen molar-refractivity contribution in [2.75, 3.05) is 7.11 Å². The molecule has 0 spiro atoms. The Kier molecular flexibility index (Phi) is 3.70. The number of ketones is 1. The SMILES string of the molecule is COC1C[C@@H]2[C@H](CC[C@]3(C)C(=O)CC[C@@H]23)[C@@]2(C)CC[C@H](O)C[C@H]12. The lowest BCUT2D eigenvalue weighted by molar-refractivity contribution is -0.177. The van der Waals surface area contributed by atoms with Gasteiger partial charge in [-0.3, -0.25) is 4.79 Å². The molecule has 1 N–H and O–H groups in total. The Morgan fingerprint density at radius 3 is 2.57 bits per heavy atom. The third-order valence-corrected chi connectivity index (χ3v) is 8.64. The van der Waals surface area contributed by atoms with Gasteiger partial charge in [0.15, 0.2) is 0 Å². The van der Waals surface area contributed by atoms with E-state index in [1.54, 1.807) is 0 Å². The first-order valence-electron chi connectivity index (χ1n) is 9.64. The molecule has 0 aromatic carbocycles. The predicted octanol–water partition coefficient (Wildman–Crippen LogP) is 3.58. The second kappa shape index (κ2) is 5.29. The fourth-order valence-electron chi connectivity index (χ4n) is 7.28. The third kappa shape index (κ3) is 2.12. The van der Waals surface area contributed by atoms with Crippen molar-refractivity contribution in [1.29, 1.82) is 0 Å². The van der Waals surface area contributed by atoms with Crippen LogP contribution in [0.25, 0.3) is 0 Å². The molecule has 4 rings (SSSR count). The zero-order valence-electron chi connectivity index (χ0n) is 14.9. The van der Waals surface area contributed by atoms with Gasteiger partial charge in [-0.1, -0.05) is 13.8 Å². The number of rotatable bonds is 1. The maximum atomic E-state index is 12.5. The zero-order chi connectivity index (χ0) is 16.4. The van der Waals surface area contributed by atoms with Gasteiger partial charge in [0.1, 0.15) is 5.78 Å². The van der Waals surface area contributed by atoms with E-state index in [-0.39, 0.29) is 23.0 Å². The van der Waals surface area contributed by atoms with E-state index in [0.29, 0.717) is 23.5 Å². The quantitative estimate of drug-likeness (QED) is 0.803. The average Bonchev–Trinajstić information content (AvgIpc) is 2.83. The molecule has 4 fully saturated rings. The van der Waals surface area contributed by atoms with Crippen LogP contribution < -0.4 is 0 Å². The van der Waals surface area contributed by atoms with Crippen LogP contribution in [0.2, 0.25) is 0 Å². The van der Waals surface area contributed by atoms with Crippen LogP contribution in [-0.2, 0) is 9.53 Å². The van der Waals surface area contributed by atoms with Crippen LogP contribution in [0.1, 0.15) is 65.2 Å². The van der Waals surface area contributed by atoms with Gasteiger partial charge in [-0.25, -0.2) is 0 Å². The first-order valence-corrected chi connectivity index (χ1v) is 9.64. The van der Waals surface area contributed by atoms with Crippen molar-refractivity contribution in [3.8, 4) is 0 Å². The van der Waals surface area contributed by atoms with Crippen molar-refractivity contribution in [3.63, 3.8) is 0 Å². The molecular formula is C20H32O3. The number of fused-ring (bicyclic) bond motifs is 5. The van der Waals surface area contributed by atoms with E-state index in [0.717, 1.165) is 50.9 Å². The molecule has 0 aromatic rings. The Balaban J connectivity index is 1.69. The molecule has 4 aliphatic rings. The van der Waals surface area contributed by atoms with E-state index >= 15 is 0 Å². The van der Waals surface area contributed by atoms with Crippen LogP contribution in [0, 0.1) is 34.5 Å². The molecule has 0 heterocycles. The standard InChI is InChI=1S/C20H32O3/c1-19-8-6-12(21)10-16(19)17(23-3)11-13-14-4-5-18(22)20(14,2)9-7-15(13)19/h12-17,21H,4-11H2,1-3H3/t12-,13-,14-,15-,16+,17?,19+,20-/m0/s1. The average molecular weight is 320 g/mol. The first-order chi connectivity index (χ1) is 10.9. The summed E-state index contributed by atoms with van der Waals surface area (Å²) in [5.41, 5.74) is 0.229. The smallest absolute Gasteiger partial charge is 0.139 e. The summed E-state index contributed by atoms with van der Waals surface area (Å²) >= 11 is 0. The minimum absolute atomic E-state index is 0.0587. The molecule has 23 heavy (non-hydrogen) atoms. The summed E-state index contributed by atoms with van der Waals surface area (Å²) in [5.74, 6) is 2.92. The number of hydrogen-bond donors (Lipinski definition) is 1. The maximum Gasteiger partial charge on any atom is 0.139 e. The number of aliphatic hydroxyl groups excluding tert-OH is 1. The summed E-state index contributed by atoms with van der Waals surface area (Å²) in [4.78, 5) is 12.5. The fraction of sp³-hybridized carbons (Fsp3) is 0.950. The van der Waals surface area contributed by atoms with Gasteiger partial charge in [-0.05, 0) is 74.0 Å². The van der Waals surface area contributed by atoms with Crippen molar-refractivity contribution in [2.24, 2.45) is 34.5 Å². The Hall–Kier alpha value is -0.410. The molecule has 4 saturated carbocycles. The van der Waals surface area contributed by atoms with Crippen molar-refractivity contribution < 1.29 is 14.6 Å². The number of hydrogen-bond acceptors (Lipinski definition) is 3. The second-order valence-electron chi connectivity index (χ2n) is 9.35. The van der Waals surface area contributed by atoms with Gasteiger partial charge in [-0.15, -0.1) is 0 Å². The van der Waals surface area contributed by atoms with Gasteiger partial charge in [-0.2, -0.15) is 0 Å². The first kappa shape index (κ1) is 16.1. The van der Waals surface area contributed by atoms with Crippen LogP contribution in [0.4, 0.5) is 0 Å². The van der Waals surface area contributed by atoms with Gasteiger partial charge in [0.05, 0.1) is 12.2 Å². The third-order valence-electron chi connectivity index (χ3n) is 8.64. The number of aliphatic hydroxyl groups is 1. The van der Waals surface area contributed by atoms with Gasteiger partial charge in [0.2, 0.25) is 0 Å². The van der Waals surface area contributed by atoms with Crippen molar-refractivity contribution >= 4 is 5.78 Å².